The SMILES string of the molecule is C=CC[C@]1(Br)C(=O)N2C(C(=O)OCc3ccccc3)=C(C)CS[C@@H]21. The lowest BCUT2D eigenvalue weighted by atomic mass is 9.92. The van der Waals surface area contributed by atoms with Crippen LogP contribution in [0, 0.1) is 0 Å². The highest BCUT2D eigenvalue weighted by molar-refractivity contribution is 9.10. The van der Waals surface area contributed by atoms with Crippen LogP contribution in [0.4, 0.5) is 0 Å². The van der Waals surface area contributed by atoms with Gasteiger partial charge in [-0.05, 0) is 24.5 Å². The van der Waals surface area contributed by atoms with Gasteiger partial charge in [0.05, 0.1) is 0 Å². The number of halogens is 1. The second-order valence-electron chi connectivity index (χ2n) is 5.88. The molecule has 0 aliphatic carbocycles. The van der Waals surface area contributed by atoms with Gasteiger partial charge in [0.15, 0.2) is 0 Å². The number of β-lactam (4-membered cyclic amide) rings is 1. The van der Waals surface area contributed by atoms with Crippen molar-refractivity contribution in [1.29, 1.82) is 0 Å². The van der Waals surface area contributed by atoms with E-state index in [4.69, 9.17) is 4.74 Å². The van der Waals surface area contributed by atoms with Crippen molar-refractivity contribution in [2.75, 3.05) is 5.75 Å². The minimum atomic E-state index is -0.662. The molecule has 0 radical (unpaired) electrons. The van der Waals surface area contributed by atoms with Gasteiger partial charge in [0.25, 0.3) is 0 Å². The summed E-state index contributed by atoms with van der Waals surface area (Å²) in [7, 11) is 0. The number of rotatable bonds is 5. The van der Waals surface area contributed by atoms with Crippen LogP contribution in [0.15, 0.2) is 54.3 Å². The van der Waals surface area contributed by atoms with Crippen LogP contribution in [-0.4, -0.2) is 32.2 Å². The first-order valence-electron chi connectivity index (χ1n) is 7.65. The van der Waals surface area contributed by atoms with Gasteiger partial charge >= 0.3 is 5.97 Å². The molecule has 0 saturated carbocycles. The number of allylic oxidation sites excluding steroid dienone is 1. The molecule has 2 atom stereocenters. The van der Waals surface area contributed by atoms with Crippen LogP contribution in [0.25, 0.3) is 0 Å². The highest BCUT2D eigenvalue weighted by Crippen LogP contribution is 2.52. The third-order valence-electron chi connectivity index (χ3n) is 4.15. The molecule has 4 nitrogen and oxygen atoms in total. The summed E-state index contributed by atoms with van der Waals surface area (Å²) in [5.74, 6) is 0.156. The van der Waals surface area contributed by atoms with Crippen LogP contribution < -0.4 is 0 Å². The Balaban J connectivity index is 1.76. The molecule has 1 fully saturated rings. The Hall–Kier alpha value is -1.53. The third-order valence-corrected chi connectivity index (χ3v) is 7.08. The molecule has 6 heteroatoms. The molecule has 0 spiro atoms. The van der Waals surface area contributed by atoms with E-state index in [-0.39, 0.29) is 17.9 Å². The molecular weight excluding hydrogens is 390 g/mol. The fourth-order valence-corrected chi connectivity index (χ4v) is 5.29. The van der Waals surface area contributed by atoms with E-state index in [1.54, 1.807) is 22.7 Å². The summed E-state index contributed by atoms with van der Waals surface area (Å²) in [5, 5.41) is -0.106. The van der Waals surface area contributed by atoms with E-state index in [9.17, 15) is 9.59 Å². The monoisotopic (exact) mass is 407 g/mol. The Morgan fingerprint density at radius 3 is 2.88 bits per heavy atom. The fourth-order valence-electron chi connectivity index (χ4n) is 2.92. The molecule has 2 aliphatic heterocycles. The van der Waals surface area contributed by atoms with Crippen molar-refractivity contribution < 1.29 is 14.3 Å². The van der Waals surface area contributed by atoms with Crippen LogP contribution in [0.5, 0.6) is 0 Å². The minimum absolute atomic E-state index is 0.106. The van der Waals surface area contributed by atoms with Gasteiger partial charge < -0.3 is 4.74 Å². The number of benzene rings is 1. The fraction of sp³-hybridized carbons (Fsp3) is 0.333. The van der Waals surface area contributed by atoms with Gasteiger partial charge in [-0.15, -0.1) is 18.3 Å². The van der Waals surface area contributed by atoms with Crippen LogP contribution in [0.2, 0.25) is 0 Å². The number of carbonyl (C=O) groups excluding carboxylic acids is 2. The van der Waals surface area contributed by atoms with Gasteiger partial charge in [-0.25, -0.2) is 4.79 Å². The van der Waals surface area contributed by atoms with Gasteiger partial charge in [0.2, 0.25) is 5.91 Å². The van der Waals surface area contributed by atoms with E-state index in [2.05, 4.69) is 22.5 Å². The Labute approximate surface area is 154 Å². The first-order valence-corrected chi connectivity index (χ1v) is 9.49. The summed E-state index contributed by atoms with van der Waals surface area (Å²) in [6.07, 6.45) is 2.26. The number of fused-ring (bicyclic) bond motifs is 1. The maximum atomic E-state index is 12.6. The lowest BCUT2D eigenvalue weighted by molar-refractivity contribution is -0.152. The number of carbonyl (C=O) groups is 2. The van der Waals surface area contributed by atoms with Crippen molar-refractivity contribution in [2.45, 2.75) is 29.6 Å². The average Bonchev–Trinajstić information content (AvgIpc) is 2.60. The largest absolute Gasteiger partial charge is 0.456 e. The second kappa shape index (κ2) is 6.76. The molecule has 0 unspecified atom stereocenters. The van der Waals surface area contributed by atoms with Crippen LogP contribution >= 0.6 is 27.7 Å². The molecular formula is C18H18BrNO3S. The van der Waals surface area contributed by atoms with Crippen LogP contribution in [0.1, 0.15) is 18.9 Å². The predicted octanol–water partition coefficient (Wildman–Crippen LogP) is 3.63. The smallest absolute Gasteiger partial charge is 0.355 e. The maximum absolute atomic E-state index is 12.6. The summed E-state index contributed by atoms with van der Waals surface area (Å²) in [6.45, 7) is 5.79. The van der Waals surface area contributed by atoms with Crippen LogP contribution in [-0.2, 0) is 20.9 Å². The van der Waals surface area contributed by atoms with Gasteiger partial charge in [0, 0.05) is 5.75 Å². The van der Waals surface area contributed by atoms with E-state index < -0.39 is 10.3 Å². The molecule has 2 aliphatic rings. The van der Waals surface area contributed by atoms with Gasteiger partial charge in [-0.1, -0.05) is 52.3 Å². The predicted molar refractivity (Wildman–Crippen MR) is 98.5 cm³/mol. The number of amides is 1. The molecule has 1 aromatic carbocycles. The average molecular weight is 408 g/mol. The molecule has 0 N–H and O–H groups in total. The molecule has 126 valence electrons. The number of ether oxygens (including phenoxy) is 1. The molecule has 1 saturated heterocycles. The molecule has 24 heavy (non-hydrogen) atoms. The first kappa shape index (κ1) is 17.3. The summed E-state index contributed by atoms with van der Waals surface area (Å²) in [4.78, 5) is 26.8. The van der Waals surface area contributed by atoms with E-state index in [0.29, 0.717) is 17.9 Å². The topological polar surface area (TPSA) is 46.6 Å². The highest BCUT2D eigenvalue weighted by Gasteiger charge is 2.62. The summed E-state index contributed by atoms with van der Waals surface area (Å²) in [5.41, 5.74) is 2.18. The van der Waals surface area contributed by atoms with Gasteiger partial charge in [0.1, 0.15) is 22.0 Å². The number of alkyl halides is 1. The second-order valence-corrected chi connectivity index (χ2v) is 8.37. The summed E-state index contributed by atoms with van der Waals surface area (Å²) >= 11 is 5.20. The van der Waals surface area contributed by atoms with Gasteiger partial charge in [-0.2, -0.15) is 0 Å². The molecule has 2 heterocycles. The van der Waals surface area contributed by atoms with Crippen molar-refractivity contribution in [2.24, 2.45) is 0 Å². The number of nitrogens with zero attached hydrogens (tertiary/aromatic N) is 1. The number of esters is 1. The number of hydrogen-bond donors (Lipinski definition) is 0. The van der Waals surface area contributed by atoms with E-state index in [1.807, 2.05) is 37.3 Å². The number of hydrogen-bond acceptors (Lipinski definition) is 4. The van der Waals surface area contributed by atoms with Gasteiger partial charge in [-0.3, -0.25) is 9.69 Å². The zero-order valence-electron chi connectivity index (χ0n) is 13.3. The third kappa shape index (κ3) is 2.82. The highest BCUT2D eigenvalue weighted by atomic mass is 79.9. The first-order chi connectivity index (χ1) is 11.5. The molecule has 3 rings (SSSR count). The molecule has 0 aromatic heterocycles. The molecule has 1 amide bonds. The molecule has 1 aromatic rings. The Kier molecular flexibility index (Phi) is 4.88. The Morgan fingerprint density at radius 2 is 2.21 bits per heavy atom. The summed E-state index contributed by atoms with van der Waals surface area (Å²) in [6, 6.07) is 9.50. The maximum Gasteiger partial charge on any atom is 0.355 e. The van der Waals surface area contributed by atoms with E-state index in [0.717, 1.165) is 11.1 Å². The summed E-state index contributed by atoms with van der Waals surface area (Å²) < 4.78 is 4.77. The van der Waals surface area contributed by atoms with Crippen molar-refractivity contribution in [1.82, 2.24) is 4.90 Å². The quantitative estimate of drug-likeness (QED) is 0.323. The lowest BCUT2D eigenvalue weighted by Gasteiger charge is -2.54. The van der Waals surface area contributed by atoms with Crippen molar-refractivity contribution in [3.63, 3.8) is 0 Å². The normalized spacial score (nSPS) is 25.8. The molecule has 0 bridgehead atoms. The Morgan fingerprint density at radius 1 is 1.50 bits per heavy atom. The Bertz CT molecular complexity index is 718. The van der Waals surface area contributed by atoms with E-state index >= 15 is 0 Å². The van der Waals surface area contributed by atoms with Crippen LogP contribution in [0.3, 0.4) is 0 Å². The lowest BCUT2D eigenvalue weighted by Crippen LogP contribution is -2.70. The van der Waals surface area contributed by atoms with Crippen molar-refractivity contribution in [3.8, 4) is 0 Å². The standard InChI is InChI=1S/C18H18BrNO3S/c1-3-9-18(19)16(22)20-14(12(2)11-24-17(18)20)15(21)23-10-13-7-5-4-6-8-13/h3-8,17H,1,9-11H2,2H3/t17-,18+/m1/s1. The zero-order valence-corrected chi connectivity index (χ0v) is 15.7. The van der Waals surface area contributed by atoms with Crippen molar-refractivity contribution in [3.05, 3.63) is 59.8 Å². The minimum Gasteiger partial charge on any atom is -0.456 e. The number of thioether (sulfide) groups is 1. The van der Waals surface area contributed by atoms with E-state index in [1.165, 1.54) is 0 Å². The zero-order chi connectivity index (χ0) is 17.3. The van der Waals surface area contributed by atoms with Crippen molar-refractivity contribution >= 4 is 39.6 Å².